The van der Waals surface area contributed by atoms with Gasteiger partial charge in [0.25, 0.3) is 5.91 Å². The molecule has 26 heavy (non-hydrogen) atoms. The third kappa shape index (κ3) is 4.40. The predicted octanol–water partition coefficient (Wildman–Crippen LogP) is 1.21. The van der Waals surface area contributed by atoms with Crippen molar-refractivity contribution in [2.45, 2.75) is 24.8 Å². The van der Waals surface area contributed by atoms with Crippen LogP contribution >= 0.6 is 11.6 Å². The Hall–Kier alpha value is -2.43. The molecule has 0 bridgehead atoms. The van der Waals surface area contributed by atoms with Gasteiger partial charge in [-0.2, -0.15) is 5.10 Å². The van der Waals surface area contributed by atoms with E-state index in [0.29, 0.717) is 5.69 Å². The first-order chi connectivity index (χ1) is 12.0. The highest BCUT2D eigenvalue weighted by Crippen LogP contribution is 2.20. The molecule has 0 aliphatic rings. The molecule has 1 atom stereocenters. The van der Waals surface area contributed by atoms with Crippen LogP contribution in [-0.2, 0) is 26.6 Å². The van der Waals surface area contributed by atoms with Gasteiger partial charge in [0.05, 0.1) is 10.6 Å². The summed E-state index contributed by atoms with van der Waals surface area (Å²) in [4.78, 5) is 24.3. The number of hydrogen-bond donors (Lipinski definition) is 2. The first kappa shape index (κ1) is 19.9. The molecule has 1 aromatic carbocycles. The highest BCUT2D eigenvalue weighted by molar-refractivity contribution is 7.89. The van der Waals surface area contributed by atoms with Crippen LogP contribution in [0.3, 0.4) is 0 Å². The van der Waals surface area contributed by atoms with Crippen molar-refractivity contribution in [3.63, 3.8) is 0 Å². The highest BCUT2D eigenvalue weighted by atomic mass is 35.5. The average Bonchev–Trinajstić information content (AvgIpc) is 2.79. The fourth-order valence-electron chi connectivity index (χ4n) is 2.13. The fraction of sp³-hybridized carbons (Fsp3) is 0.267. The molecule has 2 rings (SSSR count). The van der Waals surface area contributed by atoms with Crippen LogP contribution < -0.4 is 10.5 Å². The lowest BCUT2D eigenvalue weighted by Gasteiger charge is -2.14. The number of nitrogens with two attached hydrogens (primary N) is 1. The van der Waals surface area contributed by atoms with E-state index in [9.17, 15) is 18.0 Å². The second-order valence-corrected chi connectivity index (χ2v) is 7.40. The van der Waals surface area contributed by atoms with Crippen molar-refractivity contribution in [2.24, 2.45) is 12.2 Å². The van der Waals surface area contributed by atoms with Crippen LogP contribution in [-0.4, -0.2) is 36.2 Å². The lowest BCUT2D eigenvalue weighted by molar-refractivity contribution is -0.123. The van der Waals surface area contributed by atoms with Crippen LogP contribution in [0.4, 0.5) is 5.69 Å². The summed E-state index contributed by atoms with van der Waals surface area (Å²) in [6.07, 6.45) is -1.16. The molecule has 0 aliphatic heterocycles. The number of hydrogen-bond acceptors (Lipinski definition) is 6. The molecular weight excluding hydrogens is 384 g/mol. The maximum Gasteiger partial charge on any atom is 0.343 e. The number of carbonyl (C=O) groups is 2. The molecule has 0 spiro atoms. The largest absolute Gasteiger partial charge is 0.449 e. The number of halogens is 1. The van der Waals surface area contributed by atoms with Gasteiger partial charge in [-0.25, -0.2) is 18.4 Å². The second-order valence-electron chi connectivity index (χ2n) is 5.48. The van der Waals surface area contributed by atoms with Crippen molar-refractivity contribution in [3.05, 3.63) is 40.7 Å². The number of nitrogens with zero attached hydrogens (tertiary/aromatic N) is 2. The first-order valence-corrected chi connectivity index (χ1v) is 9.27. The van der Waals surface area contributed by atoms with Crippen LogP contribution in [0.2, 0.25) is 5.15 Å². The zero-order chi connectivity index (χ0) is 19.6. The zero-order valence-corrected chi connectivity index (χ0v) is 15.8. The Balaban J connectivity index is 2.10. The SMILES string of the molecule is Cc1nn(C)c(Cl)c1C(=O)OC(C)C(=O)Nc1cccc(S(N)(=O)=O)c1. The fourth-order valence-corrected chi connectivity index (χ4v) is 2.94. The molecule has 0 radical (unpaired) electrons. The number of primary sulfonamides is 1. The average molecular weight is 401 g/mol. The molecule has 1 unspecified atom stereocenters. The molecule has 11 heteroatoms. The maximum absolute atomic E-state index is 12.2. The van der Waals surface area contributed by atoms with E-state index in [1.807, 2.05) is 0 Å². The summed E-state index contributed by atoms with van der Waals surface area (Å²) in [5.41, 5.74) is 0.640. The standard InChI is InChI=1S/C15H17ClN4O5S/c1-8-12(13(16)20(3)19-8)15(22)25-9(2)14(21)18-10-5-4-6-11(7-10)26(17,23)24/h4-7,9H,1-3H3,(H,18,21)(H2,17,23,24). The van der Waals surface area contributed by atoms with E-state index in [2.05, 4.69) is 10.4 Å². The van der Waals surface area contributed by atoms with Crippen molar-refractivity contribution in [1.29, 1.82) is 0 Å². The molecule has 9 nitrogen and oxygen atoms in total. The van der Waals surface area contributed by atoms with Crippen LogP contribution in [0.1, 0.15) is 23.0 Å². The summed E-state index contributed by atoms with van der Waals surface area (Å²) < 4.78 is 29.1. The van der Waals surface area contributed by atoms with Crippen molar-refractivity contribution >= 4 is 39.2 Å². The van der Waals surface area contributed by atoms with Crippen LogP contribution in [0.5, 0.6) is 0 Å². The van der Waals surface area contributed by atoms with Gasteiger partial charge in [-0.3, -0.25) is 9.48 Å². The van der Waals surface area contributed by atoms with Gasteiger partial charge in [0, 0.05) is 12.7 Å². The molecule has 0 fully saturated rings. The van der Waals surface area contributed by atoms with Crippen molar-refractivity contribution in [1.82, 2.24) is 9.78 Å². The summed E-state index contributed by atoms with van der Waals surface area (Å²) >= 11 is 5.99. The Labute approximate surface area is 155 Å². The lowest BCUT2D eigenvalue weighted by atomic mass is 10.2. The highest BCUT2D eigenvalue weighted by Gasteiger charge is 2.25. The molecule has 140 valence electrons. The number of esters is 1. The normalized spacial score (nSPS) is 12.5. The predicted molar refractivity (Wildman–Crippen MR) is 94.3 cm³/mol. The second kappa shape index (κ2) is 7.44. The minimum absolute atomic E-state index is 0.0741. The number of amides is 1. The van der Waals surface area contributed by atoms with Gasteiger partial charge in [-0.05, 0) is 32.0 Å². The Morgan fingerprint density at radius 2 is 2.04 bits per heavy atom. The Kier molecular flexibility index (Phi) is 5.69. The van der Waals surface area contributed by atoms with E-state index < -0.39 is 28.0 Å². The van der Waals surface area contributed by atoms with E-state index >= 15 is 0 Å². The minimum atomic E-state index is -3.90. The van der Waals surface area contributed by atoms with E-state index in [4.69, 9.17) is 21.5 Å². The van der Waals surface area contributed by atoms with Crippen LogP contribution in [0.15, 0.2) is 29.2 Å². The van der Waals surface area contributed by atoms with Gasteiger partial charge in [-0.15, -0.1) is 0 Å². The molecule has 1 amide bonds. The summed E-state index contributed by atoms with van der Waals surface area (Å²) in [6.45, 7) is 2.96. The van der Waals surface area contributed by atoms with E-state index in [0.717, 1.165) is 0 Å². The van der Waals surface area contributed by atoms with Gasteiger partial charge in [0.15, 0.2) is 6.10 Å². The van der Waals surface area contributed by atoms with Crippen molar-refractivity contribution < 1.29 is 22.7 Å². The molecule has 3 N–H and O–H groups in total. The van der Waals surface area contributed by atoms with E-state index in [1.165, 1.54) is 35.9 Å². The van der Waals surface area contributed by atoms with Crippen molar-refractivity contribution in [3.8, 4) is 0 Å². The number of nitrogens with one attached hydrogen (secondary N) is 1. The monoisotopic (exact) mass is 400 g/mol. The molecule has 0 aliphatic carbocycles. The van der Waals surface area contributed by atoms with Crippen LogP contribution in [0, 0.1) is 6.92 Å². The Bertz CT molecular complexity index is 970. The van der Waals surface area contributed by atoms with E-state index in [1.54, 1.807) is 14.0 Å². The topological polar surface area (TPSA) is 133 Å². The molecule has 0 saturated carbocycles. The van der Waals surface area contributed by atoms with Gasteiger partial charge < -0.3 is 10.1 Å². The Morgan fingerprint density at radius 3 is 2.58 bits per heavy atom. The summed E-state index contributed by atoms with van der Waals surface area (Å²) in [5, 5.41) is 11.6. The quantitative estimate of drug-likeness (QED) is 0.724. The van der Waals surface area contributed by atoms with Gasteiger partial charge in [0.1, 0.15) is 10.7 Å². The summed E-state index contributed by atoms with van der Waals surface area (Å²) in [6, 6.07) is 5.39. The number of sulfonamides is 1. The molecular formula is C15H17ClN4O5S. The number of aryl methyl sites for hydroxylation is 2. The number of carbonyl (C=O) groups excluding carboxylic acids is 2. The number of anilines is 1. The van der Waals surface area contributed by atoms with Crippen molar-refractivity contribution in [2.75, 3.05) is 5.32 Å². The van der Waals surface area contributed by atoms with Gasteiger partial charge >= 0.3 is 5.97 Å². The first-order valence-electron chi connectivity index (χ1n) is 7.34. The van der Waals surface area contributed by atoms with Gasteiger partial charge in [-0.1, -0.05) is 17.7 Å². The molecule has 1 aromatic heterocycles. The zero-order valence-electron chi connectivity index (χ0n) is 14.2. The summed E-state index contributed by atoms with van der Waals surface area (Å²) in [5.74, 6) is -1.44. The number of ether oxygens (including phenoxy) is 1. The smallest absolute Gasteiger partial charge is 0.343 e. The molecule has 1 heterocycles. The van der Waals surface area contributed by atoms with Crippen LogP contribution in [0.25, 0.3) is 0 Å². The summed E-state index contributed by atoms with van der Waals surface area (Å²) in [7, 11) is -2.33. The third-order valence-corrected chi connectivity index (χ3v) is 4.78. The third-order valence-electron chi connectivity index (χ3n) is 3.44. The lowest BCUT2D eigenvalue weighted by Crippen LogP contribution is -2.30. The molecule has 2 aromatic rings. The minimum Gasteiger partial charge on any atom is -0.449 e. The number of rotatable bonds is 5. The number of aromatic nitrogens is 2. The van der Waals surface area contributed by atoms with E-state index in [-0.39, 0.29) is 21.3 Å². The Morgan fingerprint density at radius 1 is 1.38 bits per heavy atom. The molecule has 0 saturated heterocycles. The van der Waals surface area contributed by atoms with Gasteiger partial charge in [0.2, 0.25) is 10.0 Å². The maximum atomic E-state index is 12.2. The number of benzene rings is 1.